The third-order valence-electron chi connectivity index (χ3n) is 5.53. The van der Waals surface area contributed by atoms with Gasteiger partial charge in [-0.2, -0.15) is 0 Å². The minimum atomic E-state index is -0.116. The van der Waals surface area contributed by atoms with Gasteiger partial charge < -0.3 is 19.0 Å². The molecule has 2 aromatic heterocycles. The Morgan fingerprint density at radius 1 is 1.13 bits per heavy atom. The largest absolute Gasteiger partial charge is 0.426 e. The number of rotatable bonds is 4. The van der Waals surface area contributed by atoms with E-state index >= 15 is 0 Å². The van der Waals surface area contributed by atoms with Crippen LogP contribution in [0.15, 0.2) is 65.1 Å². The molecule has 3 heterocycles. The number of ether oxygens (including phenoxy) is 1. The zero-order chi connectivity index (χ0) is 20.5. The fourth-order valence-corrected chi connectivity index (χ4v) is 3.92. The molecule has 1 atom stereocenters. The molecular formula is C24H23N3O3. The summed E-state index contributed by atoms with van der Waals surface area (Å²) >= 11 is 0. The summed E-state index contributed by atoms with van der Waals surface area (Å²) in [6.45, 7) is 3.35. The standard InChI is InChI=1S/C24H23N3O3/c1-16-8-10-18(11-9-16)29-22-13-12-21(30-22)24(28)27-14-4-5-17(15-27)23-25-19-6-2-3-7-20(19)26-23/h2-3,6-13,17H,4-5,14-15H2,1H3,(H,25,26). The number of carbonyl (C=O) groups excluding carboxylic acids is 1. The number of amides is 1. The first-order valence-electron chi connectivity index (χ1n) is 10.2. The highest BCUT2D eigenvalue weighted by Gasteiger charge is 2.29. The molecule has 1 saturated heterocycles. The average molecular weight is 401 g/mol. The summed E-state index contributed by atoms with van der Waals surface area (Å²) in [4.78, 5) is 23.0. The lowest BCUT2D eigenvalue weighted by atomic mass is 9.97. The van der Waals surface area contributed by atoms with E-state index in [0.717, 1.165) is 35.3 Å². The Kier molecular flexibility index (Phi) is 4.75. The molecule has 1 fully saturated rings. The van der Waals surface area contributed by atoms with Crippen LogP contribution in [0.2, 0.25) is 0 Å². The molecule has 6 heteroatoms. The van der Waals surface area contributed by atoms with Gasteiger partial charge in [-0.25, -0.2) is 4.98 Å². The first-order valence-corrected chi connectivity index (χ1v) is 10.2. The summed E-state index contributed by atoms with van der Waals surface area (Å²) in [7, 11) is 0. The number of para-hydroxylation sites is 2. The van der Waals surface area contributed by atoms with Crippen molar-refractivity contribution in [3.05, 3.63) is 77.8 Å². The fraction of sp³-hybridized carbons (Fsp3) is 0.250. The van der Waals surface area contributed by atoms with Crippen molar-refractivity contribution in [3.63, 3.8) is 0 Å². The molecule has 6 nitrogen and oxygen atoms in total. The number of likely N-dealkylation sites (tertiary alicyclic amines) is 1. The molecule has 4 aromatic rings. The van der Waals surface area contributed by atoms with E-state index in [2.05, 4.69) is 4.98 Å². The van der Waals surface area contributed by atoms with Gasteiger partial charge in [0.15, 0.2) is 5.76 Å². The molecule has 0 bridgehead atoms. The van der Waals surface area contributed by atoms with E-state index in [9.17, 15) is 4.79 Å². The van der Waals surface area contributed by atoms with Crippen LogP contribution in [0, 0.1) is 6.92 Å². The molecular weight excluding hydrogens is 378 g/mol. The van der Waals surface area contributed by atoms with Gasteiger partial charge in [0.05, 0.1) is 11.0 Å². The molecule has 2 aromatic carbocycles. The molecule has 1 aliphatic heterocycles. The maximum absolute atomic E-state index is 13.0. The fourth-order valence-electron chi connectivity index (χ4n) is 3.92. The molecule has 30 heavy (non-hydrogen) atoms. The quantitative estimate of drug-likeness (QED) is 0.505. The van der Waals surface area contributed by atoms with Crippen LogP contribution in [0.4, 0.5) is 0 Å². The number of fused-ring (bicyclic) bond motifs is 1. The first-order chi connectivity index (χ1) is 14.7. The second-order valence-electron chi connectivity index (χ2n) is 7.76. The number of aromatic nitrogens is 2. The van der Waals surface area contributed by atoms with Crippen LogP contribution in [-0.2, 0) is 0 Å². The Hall–Kier alpha value is -3.54. The minimum absolute atomic E-state index is 0.116. The second-order valence-corrected chi connectivity index (χ2v) is 7.76. The number of aryl methyl sites for hydroxylation is 1. The summed E-state index contributed by atoms with van der Waals surface area (Å²) in [6, 6.07) is 19.1. The molecule has 152 valence electrons. The minimum Gasteiger partial charge on any atom is -0.426 e. The van der Waals surface area contributed by atoms with Crippen molar-refractivity contribution >= 4 is 16.9 Å². The zero-order valence-electron chi connectivity index (χ0n) is 16.8. The highest BCUT2D eigenvalue weighted by Crippen LogP contribution is 2.29. The molecule has 0 spiro atoms. The summed E-state index contributed by atoms with van der Waals surface area (Å²) in [5.41, 5.74) is 3.14. The predicted molar refractivity (Wildman–Crippen MR) is 114 cm³/mol. The molecule has 1 aliphatic rings. The maximum Gasteiger partial charge on any atom is 0.290 e. The molecule has 0 radical (unpaired) electrons. The number of carbonyl (C=O) groups is 1. The summed E-state index contributed by atoms with van der Waals surface area (Å²) in [6.07, 6.45) is 1.93. The monoisotopic (exact) mass is 401 g/mol. The van der Waals surface area contributed by atoms with E-state index < -0.39 is 0 Å². The molecule has 0 aliphatic carbocycles. The van der Waals surface area contributed by atoms with Crippen molar-refractivity contribution in [3.8, 4) is 11.7 Å². The van der Waals surface area contributed by atoms with Crippen molar-refractivity contribution < 1.29 is 13.9 Å². The lowest BCUT2D eigenvalue weighted by Crippen LogP contribution is -2.39. The third kappa shape index (κ3) is 3.68. The van der Waals surface area contributed by atoms with Crippen molar-refractivity contribution in [1.82, 2.24) is 14.9 Å². The summed E-state index contributed by atoms with van der Waals surface area (Å²) in [5.74, 6) is 2.30. The van der Waals surface area contributed by atoms with Gasteiger partial charge in [0.2, 0.25) is 0 Å². The number of benzene rings is 2. The van der Waals surface area contributed by atoms with Crippen LogP contribution in [-0.4, -0.2) is 33.9 Å². The second kappa shape index (κ2) is 7.71. The van der Waals surface area contributed by atoms with Crippen molar-refractivity contribution in [2.75, 3.05) is 13.1 Å². The smallest absolute Gasteiger partial charge is 0.290 e. The predicted octanol–water partition coefficient (Wildman–Crippen LogP) is 5.28. The highest BCUT2D eigenvalue weighted by atomic mass is 16.6. The van der Waals surface area contributed by atoms with Gasteiger partial charge >= 0.3 is 0 Å². The lowest BCUT2D eigenvalue weighted by molar-refractivity contribution is 0.0668. The van der Waals surface area contributed by atoms with E-state index in [0.29, 0.717) is 30.5 Å². The van der Waals surface area contributed by atoms with Crippen molar-refractivity contribution in [2.24, 2.45) is 0 Å². The van der Waals surface area contributed by atoms with E-state index in [1.54, 1.807) is 12.1 Å². The van der Waals surface area contributed by atoms with Gasteiger partial charge in [-0.15, -0.1) is 0 Å². The van der Waals surface area contributed by atoms with Gasteiger partial charge in [-0.1, -0.05) is 29.8 Å². The number of nitrogens with one attached hydrogen (secondary N) is 1. The molecule has 1 N–H and O–H groups in total. The lowest BCUT2D eigenvalue weighted by Gasteiger charge is -2.31. The van der Waals surface area contributed by atoms with Crippen molar-refractivity contribution in [1.29, 1.82) is 0 Å². The normalized spacial score (nSPS) is 16.7. The van der Waals surface area contributed by atoms with Crippen molar-refractivity contribution in [2.45, 2.75) is 25.7 Å². The first kappa shape index (κ1) is 18.5. The van der Waals surface area contributed by atoms with Crippen LogP contribution < -0.4 is 4.74 Å². The third-order valence-corrected chi connectivity index (χ3v) is 5.53. The van der Waals surface area contributed by atoms with Crippen LogP contribution in [0.3, 0.4) is 0 Å². The van der Waals surface area contributed by atoms with E-state index in [-0.39, 0.29) is 11.8 Å². The van der Waals surface area contributed by atoms with Gasteiger partial charge in [0, 0.05) is 25.1 Å². The molecule has 0 saturated carbocycles. The topological polar surface area (TPSA) is 71.4 Å². The van der Waals surface area contributed by atoms with Crippen LogP contribution in [0.25, 0.3) is 11.0 Å². The number of aromatic amines is 1. The average Bonchev–Trinajstić information content (AvgIpc) is 3.42. The Balaban J connectivity index is 1.28. The molecule has 1 unspecified atom stereocenters. The number of imidazole rings is 1. The van der Waals surface area contributed by atoms with Crippen LogP contribution >= 0.6 is 0 Å². The van der Waals surface area contributed by atoms with E-state index in [1.807, 2.05) is 60.4 Å². The maximum atomic E-state index is 13.0. The highest BCUT2D eigenvalue weighted by molar-refractivity contribution is 5.91. The Labute approximate surface area is 174 Å². The van der Waals surface area contributed by atoms with Crippen LogP contribution in [0.5, 0.6) is 11.7 Å². The Morgan fingerprint density at radius 2 is 1.97 bits per heavy atom. The number of H-pyrrole nitrogens is 1. The number of hydrogen-bond donors (Lipinski definition) is 1. The number of hydrogen-bond acceptors (Lipinski definition) is 4. The molecule has 5 rings (SSSR count). The summed E-state index contributed by atoms with van der Waals surface area (Å²) < 4.78 is 11.4. The zero-order valence-corrected chi connectivity index (χ0v) is 16.8. The molecule has 1 amide bonds. The van der Waals surface area contributed by atoms with E-state index in [1.165, 1.54) is 0 Å². The SMILES string of the molecule is Cc1ccc(Oc2ccc(C(=O)N3CCCC(c4nc5ccccc5[nH]4)C3)o2)cc1. The summed E-state index contributed by atoms with van der Waals surface area (Å²) in [5, 5.41) is 0. The van der Waals surface area contributed by atoms with Gasteiger partial charge in [0.1, 0.15) is 11.6 Å². The Morgan fingerprint density at radius 3 is 2.80 bits per heavy atom. The number of piperidine rings is 1. The van der Waals surface area contributed by atoms with Gasteiger partial charge in [-0.3, -0.25) is 4.79 Å². The Bertz CT molecular complexity index is 1140. The van der Waals surface area contributed by atoms with E-state index in [4.69, 9.17) is 14.1 Å². The van der Waals surface area contributed by atoms with Crippen LogP contribution in [0.1, 0.15) is 40.7 Å². The van der Waals surface area contributed by atoms with Gasteiger partial charge in [-0.05, 0) is 50.1 Å². The van der Waals surface area contributed by atoms with Gasteiger partial charge in [0.25, 0.3) is 11.9 Å². The number of furan rings is 1. The number of nitrogens with zero attached hydrogens (tertiary/aromatic N) is 2.